The van der Waals surface area contributed by atoms with Crippen LogP contribution in [-0.2, 0) is 11.3 Å². The SMILES string of the molecule is COCCCCNc1cnn(CC(F)(F)F)c(=O)c1Cl. The molecule has 1 N–H and O–H groups in total. The fourth-order valence-electron chi connectivity index (χ4n) is 1.47. The largest absolute Gasteiger partial charge is 0.408 e. The van der Waals surface area contributed by atoms with Gasteiger partial charge < -0.3 is 10.1 Å². The number of unbranched alkanes of at least 4 members (excludes halogenated alkanes) is 1. The molecular formula is C11H15ClF3N3O2. The topological polar surface area (TPSA) is 56.1 Å². The van der Waals surface area contributed by atoms with Crippen molar-refractivity contribution in [2.24, 2.45) is 0 Å². The van der Waals surface area contributed by atoms with Crippen molar-refractivity contribution in [2.75, 3.05) is 25.6 Å². The molecule has 0 aromatic carbocycles. The zero-order chi connectivity index (χ0) is 15.2. The summed E-state index contributed by atoms with van der Waals surface area (Å²) >= 11 is 5.74. The lowest BCUT2D eigenvalue weighted by Gasteiger charge is -2.11. The lowest BCUT2D eigenvalue weighted by Crippen LogP contribution is -2.30. The highest BCUT2D eigenvalue weighted by molar-refractivity contribution is 6.32. The molecule has 9 heteroatoms. The fraction of sp³-hybridized carbons (Fsp3) is 0.636. The summed E-state index contributed by atoms with van der Waals surface area (Å²) in [5.74, 6) is 0. The van der Waals surface area contributed by atoms with Gasteiger partial charge in [-0.15, -0.1) is 0 Å². The van der Waals surface area contributed by atoms with Crippen LogP contribution in [0.3, 0.4) is 0 Å². The highest BCUT2D eigenvalue weighted by atomic mass is 35.5. The minimum Gasteiger partial charge on any atom is -0.385 e. The molecule has 1 aromatic rings. The Kier molecular flexibility index (Phi) is 6.28. The number of nitrogens with one attached hydrogen (secondary N) is 1. The van der Waals surface area contributed by atoms with Gasteiger partial charge in [-0.25, -0.2) is 4.68 Å². The van der Waals surface area contributed by atoms with Crippen LogP contribution in [-0.4, -0.2) is 36.2 Å². The Labute approximate surface area is 118 Å². The molecule has 0 fully saturated rings. The molecular weight excluding hydrogens is 299 g/mol. The van der Waals surface area contributed by atoms with Crippen LogP contribution in [0.1, 0.15) is 12.8 Å². The second-order valence-electron chi connectivity index (χ2n) is 4.08. The van der Waals surface area contributed by atoms with Gasteiger partial charge in [-0.1, -0.05) is 11.6 Å². The highest BCUT2D eigenvalue weighted by Crippen LogP contribution is 2.19. The quantitative estimate of drug-likeness (QED) is 0.785. The van der Waals surface area contributed by atoms with Crippen molar-refractivity contribution in [1.29, 1.82) is 0 Å². The maximum absolute atomic E-state index is 12.2. The molecule has 20 heavy (non-hydrogen) atoms. The number of hydrogen-bond donors (Lipinski definition) is 1. The van der Waals surface area contributed by atoms with E-state index in [2.05, 4.69) is 10.4 Å². The van der Waals surface area contributed by atoms with E-state index in [4.69, 9.17) is 16.3 Å². The van der Waals surface area contributed by atoms with E-state index in [0.717, 1.165) is 19.0 Å². The Hall–Kier alpha value is -1.28. The lowest BCUT2D eigenvalue weighted by molar-refractivity contribution is -0.143. The lowest BCUT2D eigenvalue weighted by atomic mass is 10.3. The summed E-state index contributed by atoms with van der Waals surface area (Å²) in [6, 6.07) is 0. The molecule has 0 aliphatic heterocycles. The Morgan fingerprint density at radius 2 is 2.15 bits per heavy atom. The predicted molar refractivity (Wildman–Crippen MR) is 69.2 cm³/mol. The number of ether oxygens (including phenoxy) is 1. The van der Waals surface area contributed by atoms with E-state index in [1.54, 1.807) is 7.11 Å². The molecule has 0 radical (unpaired) electrons. The third kappa shape index (κ3) is 5.38. The standard InChI is InChI=1S/C11H15ClF3N3O2/c1-20-5-3-2-4-16-8-6-17-18(7-11(13,14)15)10(19)9(8)12/h6,16H,2-5,7H2,1H3. The van der Waals surface area contributed by atoms with E-state index in [1.807, 2.05) is 0 Å². The first-order valence-electron chi connectivity index (χ1n) is 5.90. The molecule has 5 nitrogen and oxygen atoms in total. The van der Waals surface area contributed by atoms with E-state index >= 15 is 0 Å². The number of nitrogens with zero attached hydrogens (tertiary/aromatic N) is 2. The number of halogens is 4. The van der Waals surface area contributed by atoms with Crippen LogP contribution in [0.15, 0.2) is 11.0 Å². The van der Waals surface area contributed by atoms with Gasteiger partial charge in [0.2, 0.25) is 0 Å². The molecule has 0 bridgehead atoms. The van der Waals surface area contributed by atoms with Crippen LogP contribution in [0.5, 0.6) is 0 Å². The van der Waals surface area contributed by atoms with Crippen LogP contribution in [0.25, 0.3) is 0 Å². The molecule has 0 atom stereocenters. The van der Waals surface area contributed by atoms with Gasteiger partial charge in [0.05, 0.1) is 11.9 Å². The van der Waals surface area contributed by atoms with Gasteiger partial charge in [0.15, 0.2) is 0 Å². The van der Waals surface area contributed by atoms with Gasteiger partial charge in [-0.05, 0) is 12.8 Å². The average molecular weight is 314 g/mol. The zero-order valence-corrected chi connectivity index (χ0v) is 11.6. The minimum atomic E-state index is -4.52. The number of rotatable bonds is 7. The zero-order valence-electron chi connectivity index (χ0n) is 10.8. The summed E-state index contributed by atoms with van der Waals surface area (Å²) in [5, 5.41) is 6.01. The van der Waals surface area contributed by atoms with Crippen molar-refractivity contribution >= 4 is 17.3 Å². The summed E-state index contributed by atoms with van der Waals surface area (Å²) in [5.41, 5.74) is -0.738. The van der Waals surface area contributed by atoms with E-state index in [1.165, 1.54) is 0 Å². The van der Waals surface area contributed by atoms with Crippen molar-refractivity contribution in [3.8, 4) is 0 Å². The Balaban J connectivity index is 2.67. The average Bonchev–Trinajstić information content (AvgIpc) is 2.36. The summed E-state index contributed by atoms with van der Waals surface area (Å²) in [6.07, 6.45) is -1.81. The predicted octanol–water partition coefficient (Wildman–Crippen LogP) is 2.30. The maximum atomic E-state index is 12.2. The van der Waals surface area contributed by atoms with Gasteiger partial charge in [-0.2, -0.15) is 18.3 Å². The third-order valence-electron chi connectivity index (χ3n) is 2.40. The first kappa shape index (κ1) is 16.8. The second-order valence-corrected chi connectivity index (χ2v) is 4.45. The second kappa shape index (κ2) is 7.49. The molecule has 0 saturated carbocycles. The molecule has 1 aromatic heterocycles. The van der Waals surface area contributed by atoms with Crippen molar-refractivity contribution in [1.82, 2.24) is 9.78 Å². The van der Waals surface area contributed by atoms with Crippen molar-refractivity contribution in [2.45, 2.75) is 25.6 Å². The molecule has 0 amide bonds. The normalized spacial score (nSPS) is 11.7. The molecule has 0 unspecified atom stereocenters. The van der Waals surface area contributed by atoms with Gasteiger partial charge in [0.1, 0.15) is 11.6 Å². The number of hydrogen-bond acceptors (Lipinski definition) is 4. The monoisotopic (exact) mass is 313 g/mol. The van der Waals surface area contributed by atoms with Gasteiger partial charge in [0.25, 0.3) is 5.56 Å². The summed E-state index contributed by atoms with van der Waals surface area (Å²) in [6.45, 7) is -0.325. The van der Waals surface area contributed by atoms with Crippen molar-refractivity contribution < 1.29 is 17.9 Å². The summed E-state index contributed by atoms with van der Waals surface area (Å²) in [7, 11) is 1.59. The molecule has 0 aliphatic rings. The Morgan fingerprint density at radius 1 is 1.45 bits per heavy atom. The van der Waals surface area contributed by atoms with Crippen LogP contribution < -0.4 is 10.9 Å². The number of methoxy groups -OCH3 is 1. The number of alkyl halides is 3. The van der Waals surface area contributed by atoms with Crippen LogP contribution in [0.2, 0.25) is 5.02 Å². The van der Waals surface area contributed by atoms with E-state index < -0.39 is 18.3 Å². The smallest absolute Gasteiger partial charge is 0.385 e. The van der Waals surface area contributed by atoms with Crippen molar-refractivity contribution in [3.63, 3.8) is 0 Å². The maximum Gasteiger partial charge on any atom is 0.408 e. The number of anilines is 1. The molecule has 1 heterocycles. The fourth-order valence-corrected chi connectivity index (χ4v) is 1.68. The first-order chi connectivity index (χ1) is 9.35. The first-order valence-corrected chi connectivity index (χ1v) is 6.28. The third-order valence-corrected chi connectivity index (χ3v) is 2.77. The van der Waals surface area contributed by atoms with E-state index in [0.29, 0.717) is 17.8 Å². The van der Waals surface area contributed by atoms with E-state index in [9.17, 15) is 18.0 Å². The molecule has 0 saturated heterocycles. The minimum absolute atomic E-state index is 0.229. The molecule has 114 valence electrons. The van der Waals surface area contributed by atoms with Gasteiger partial charge >= 0.3 is 6.18 Å². The number of aromatic nitrogens is 2. The Morgan fingerprint density at radius 3 is 2.75 bits per heavy atom. The summed E-state index contributed by atoms with van der Waals surface area (Å²) < 4.78 is 41.8. The Bertz CT molecular complexity index is 491. The van der Waals surface area contributed by atoms with E-state index in [-0.39, 0.29) is 10.7 Å². The van der Waals surface area contributed by atoms with Gasteiger partial charge in [0, 0.05) is 20.3 Å². The van der Waals surface area contributed by atoms with Crippen LogP contribution in [0, 0.1) is 0 Å². The highest BCUT2D eigenvalue weighted by Gasteiger charge is 2.29. The van der Waals surface area contributed by atoms with Crippen molar-refractivity contribution in [3.05, 3.63) is 21.6 Å². The molecule has 0 spiro atoms. The molecule has 1 rings (SSSR count). The van der Waals surface area contributed by atoms with Crippen LogP contribution >= 0.6 is 11.6 Å². The van der Waals surface area contributed by atoms with Crippen LogP contribution in [0.4, 0.5) is 18.9 Å². The summed E-state index contributed by atoms with van der Waals surface area (Å²) in [4.78, 5) is 11.6. The molecule has 0 aliphatic carbocycles. The van der Waals surface area contributed by atoms with Gasteiger partial charge in [-0.3, -0.25) is 4.79 Å².